The zero-order chi connectivity index (χ0) is 14.4. The average molecular weight is 276 g/mol. The molecule has 20 heavy (non-hydrogen) atoms. The third-order valence-corrected chi connectivity index (χ3v) is 3.96. The summed E-state index contributed by atoms with van der Waals surface area (Å²) in [5.74, 6) is -1.86. The summed E-state index contributed by atoms with van der Waals surface area (Å²) in [4.78, 5) is 0. The van der Waals surface area contributed by atoms with E-state index >= 15 is 0 Å². The Balaban J connectivity index is 2.16. The normalized spacial score (nSPS) is 17.7. The van der Waals surface area contributed by atoms with Crippen LogP contribution in [0.4, 0.5) is 13.2 Å². The van der Waals surface area contributed by atoms with E-state index < -0.39 is 11.6 Å². The molecule has 2 aliphatic rings. The summed E-state index contributed by atoms with van der Waals surface area (Å²) >= 11 is 0. The van der Waals surface area contributed by atoms with Crippen molar-refractivity contribution >= 4 is 5.57 Å². The van der Waals surface area contributed by atoms with E-state index in [-0.39, 0.29) is 11.7 Å². The van der Waals surface area contributed by atoms with E-state index in [1.165, 1.54) is 6.08 Å². The number of benzene rings is 1. The first-order valence-corrected chi connectivity index (χ1v) is 6.76. The Kier molecular flexibility index (Phi) is 3.08. The molecule has 0 nitrogen and oxygen atoms in total. The lowest BCUT2D eigenvalue weighted by Gasteiger charge is -2.08. The molecule has 1 aromatic rings. The standard InChI is InChI=1S/C17H15F3/c1-9(2)13-8-11-7-10-3-5-15(19)17(20)16(10)12(11)4-6-14(13)18/h3,5-6,8-9H,4,7H2,1-2H3. The second-order valence-corrected chi connectivity index (χ2v) is 5.59. The third-order valence-electron chi connectivity index (χ3n) is 3.96. The molecule has 0 atom stereocenters. The Morgan fingerprint density at radius 2 is 1.85 bits per heavy atom. The van der Waals surface area contributed by atoms with Crippen molar-refractivity contribution in [3.8, 4) is 0 Å². The van der Waals surface area contributed by atoms with Gasteiger partial charge in [-0.25, -0.2) is 13.2 Å². The highest BCUT2D eigenvalue weighted by molar-refractivity contribution is 5.81. The van der Waals surface area contributed by atoms with Gasteiger partial charge in [-0.2, -0.15) is 0 Å². The van der Waals surface area contributed by atoms with Gasteiger partial charge in [0.2, 0.25) is 0 Å². The predicted octanol–water partition coefficient (Wildman–Crippen LogP) is 5.11. The van der Waals surface area contributed by atoms with Gasteiger partial charge in [0.25, 0.3) is 0 Å². The van der Waals surface area contributed by atoms with Crippen LogP contribution in [0.2, 0.25) is 0 Å². The first-order chi connectivity index (χ1) is 9.49. The Hall–Kier alpha value is -1.77. The van der Waals surface area contributed by atoms with Crippen molar-refractivity contribution in [3.05, 3.63) is 64.0 Å². The van der Waals surface area contributed by atoms with Crippen LogP contribution in [0.5, 0.6) is 0 Å². The Bertz CT molecular complexity index is 676. The molecule has 0 radical (unpaired) electrons. The van der Waals surface area contributed by atoms with Gasteiger partial charge in [-0.1, -0.05) is 26.0 Å². The van der Waals surface area contributed by atoms with Crippen molar-refractivity contribution in [2.24, 2.45) is 5.92 Å². The second-order valence-electron chi connectivity index (χ2n) is 5.59. The fraction of sp³-hybridized carbons (Fsp3) is 0.294. The maximum atomic E-state index is 14.0. The van der Waals surface area contributed by atoms with Crippen molar-refractivity contribution in [2.45, 2.75) is 26.7 Å². The lowest BCUT2D eigenvalue weighted by molar-refractivity contribution is 0.505. The molecule has 0 heterocycles. The van der Waals surface area contributed by atoms with Gasteiger partial charge in [0.15, 0.2) is 11.6 Å². The van der Waals surface area contributed by atoms with Crippen LogP contribution in [0, 0.1) is 17.6 Å². The van der Waals surface area contributed by atoms with Gasteiger partial charge in [-0.15, -0.1) is 0 Å². The monoisotopic (exact) mass is 276 g/mol. The van der Waals surface area contributed by atoms with Crippen LogP contribution in [0.25, 0.3) is 5.57 Å². The molecule has 0 saturated carbocycles. The molecule has 3 rings (SSSR count). The van der Waals surface area contributed by atoms with Crippen LogP contribution in [0.3, 0.4) is 0 Å². The number of fused-ring (bicyclic) bond motifs is 2. The minimum atomic E-state index is -0.848. The fourth-order valence-electron chi connectivity index (χ4n) is 2.92. The summed E-state index contributed by atoms with van der Waals surface area (Å²) in [5.41, 5.74) is 3.35. The summed E-state index contributed by atoms with van der Waals surface area (Å²) < 4.78 is 41.4. The lowest BCUT2D eigenvalue weighted by Crippen LogP contribution is -1.96. The quantitative estimate of drug-likeness (QED) is 0.668. The van der Waals surface area contributed by atoms with E-state index in [2.05, 4.69) is 0 Å². The Morgan fingerprint density at radius 1 is 1.10 bits per heavy atom. The molecule has 0 aliphatic heterocycles. The summed E-state index contributed by atoms with van der Waals surface area (Å²) in [6, 6.07) is 2.77. The summed E-state index contributed by atoms with van der Waals surface area (Å²) in [5, 5.41) is 0. The van der Waals surface area contributed by atoms with E-state index in [0.717, 1.165) is 17.2 Å². The van der Waals surface area contributed by atoms with Crippen molar-refractivity contribution in [1.82, 2.24) is 0 Å². The minimum Gasteiger partial charge on any atom is -0.207 e. The second kappa shape index (κ2) is 4.65. The van der Waals surface area contributed by atoms with Crippen LogP contribution in [-0.4, -0.2) is 0 Å². The zero-order valence-electron chi connectivity index (χ0n) is 11.4. The van der Waals surface area contributed by atoms with Gasteiger partial charge in [0.05, 0.1) is 0 Å². The molecule has 0 saturated heterocycles. The molecule has 0 unspecified atom stereocenters. The highest BCUT2D eigenvalue weighted by atomic mass is 19.2. The van der Waals surface area contributed by atoms with Crippen LogP contribution in [0.15, 0.2) is 41.3 Å². The van der Waals surface area contributed by atoms with Gasteiger partial charge in [0.1, 0.15) is 5.83 Å². The first-order valence-electron chi connectivity index (χ1n) is 6.76. The van der Waals surface area contributed by atoms with Gasteiger partial charge in [-0.05, 0) is 53.2 Å². The SMILES string of the molecule is CC(C)C1=CC2=C(CC=C1F)c1c(ccc(F)c1F)C2. The average Bonchev–Trinajstić information content (AvgIpc) is 2.67. The molecule has 0 N–H and O–H groups in total. The number of allylic oxidation sites excluding steroid dienone is 6. The zero-order valence-corrected chi connectivity index (χ0v) is 11.4. The summed E-state index contributed by atoms with van der Waals surface area (Å²) in [7, 11) is 0. The molecule has 3 heteroatoms. The largest absolute Gasteiger partial charge is 0.207 e. The van der Waals surface area contributed by atoms with Crippen molar-refractivity contribution in [2.75, 3.05) is 0 Å². The lowest BCUT2D eigenvalue weighted by atomic mass is 9.99. The molecule has 0 amide bonds. The molecular formula is C17H15F3. The van der Waals surface area contributed by atoms with E-state index in [1.54, 1.807) is 12.1 Å². The minimum absolute atomic E-state index is 0.0587. The molecular weight excluding hydrogens is 261 g/mol. The highest BCUT2D eigenvalue weighted by Crippen LogP contribution is 2.42. The number of hydrogen-bond donors (Lipinski definition) is 0. The number of hydrogen-bond acceptors (Lipinski definition) is 0. The first kappa shape index (κ1) is 13.2. The molecule has 0 bridgehead atoms. The highest BCUT2D eigenvalue weighted by Gasteiger charge is 2.27. The molecule has 104 valence electrons. The summed E-state index contributed by atoms with van der Waals surface area (Å²) in [6.45, 7) is 3.85. The van der Waals surface area contributed by atoms with E-state index in [4.69, 9.17) is 0 Å². The van der Waals surface area contributed by atoms with E-state index in [0.29, 0.717) is 29.6 Å². The van der Waals surface area contributed by atoms with E-state index in [1.807, 2.05) is 13.8 Å². The fourth-order valence-corrected chi connectivity index (χ4v) is 2.92. The predicted molar refractivity (Wildman–Crippen MR) is 73.7 cm³/mol. The Labute approximate surface area is 116 Å². The van der Waals surface area contributed by atoms with E-state index in [9.17, 15) is 13.2 Å². The van der Waals surface area contributed by atoms with Crippen LogP contribution in [0.1, 0.15) is 31.4 Å². The summed E-state index contributed by atoms with van der Waals surface area (Å²) in [6.07, 6.45) is 4.12. The Morgan fingerprint density at radius 3 is 2.55 bits per heavy atom. The van der Waals surface area contributed by atoms with Gasteiger partial charge >= 0.3 is 0 Å². The molecule has 0 aromatic heterocycles. The van der Waals surface area contributed by atoms with Crippen LogP contribution < -0.4 is 0 Å². The van der Waals surface area contributed by atoms with Crippen molar-refractivity contribution < 1.29 is 13.2 Å². The molecule has 1 aromatic carbocycles. The third kappa shape index (κ3) is 1.92. The smallest absolute Gasteiger partial charge is 0.166 e. The van der Waals surface area contributed by atoms with Crippen molar-refractivity contribution in [1.29, 1.82) is 0 Å². The van der Waals surface area contributed by atoms with Gasteiger partial charge in [0, 0.05) is 5.56 Å². The van der Waals surface area contributed by atoms with Gasteiger partial charge in [-0.3, -0.25) is 0 Å². The van der Waals surface area contributed by atoms with Crippen LogP contribution in [-0.2, 0) is 6.42 Å². The van der Waals surface area contributed by atoms with Crippen molar-refractivity contribution in [3.63, 3.8) is 0 Å². The number of halogens is 3. The molecule has 0 fully saturated rings. The maximum Gasteiger partial charge on any atom is 0.166 e. The molecule has 0 spiro atoms. The maximum absolute atomic E-state index is 14.0. The van der Waals surface area contributed by atoms with Gasteiger partial charge < -0.3 is 0 Å². The van der Waals surface area contributed by atoms with Crippen LogP contribution >= 0.6 is 0 Å². The number of rotatable bonds is 1. The molecule has 2 aliphatic carbocycles. The topological polar surface area (TPSA) is 0 Å².